The topological polar surface area (TPSA) is 73.2 Å². The van der Waals surface area contributed by atoms with Crippen LogP contribution in [0, 0.1) is 24.7 Å². The molecule has 0 N–H and O–H groups in total. The minimum Gasteiger partial charge on any atom is -0.298 e. The number of Topliss-reactive ketones (excluding diaryl/α,β-unsaturated/α-hetero) is 3. The fraction of sp³-hybridized carbons (Fsp3) is 0.429. The van der Waals surface area contributed by atoms with Gasteiger partial charge in [-0.1, -0.05) is 17.4 Å². The molecule has 4 rings (SSSR count). The van der Waals surface area contributed by atoms with Gasteiger partial charge >= 0.3 is 4.87 Å². The summed E-state index contributed by atoms with van der Waals surface area (Å²) in [4.78, 5) is 50.8. The Labute approximate surface area is 160 Å². The molecular formula is C21H21NO4S. The molecule has 0 amide bonds. The molecule has 0 saturated heterocycles. The van der Waals surface area contributed by atoms with Crippen LogP contribution >= 0.6 is 11.3 Å². The highest BCUT2D eigenvalue weighted by Crippen LogP contribution is 2.41. The van der Waals surface area contributed by atoms with Crippen LogP contribution in [0.25, 0.3) is 10.2 Å². The Morgan fingerprint density at radius 1 is 1.22 bits per heavy atom. The predicted molar refractivity (Wildman–Crippen MR) is 104 cm³/mol. The van der Waals surface area contributed by atoms with Gasteiger partial charge in [0.05, 0.1) is 10.2 Å². The first kappa shape index (κ1) is 18.0. The van der Waals surface area contributed by atoms with Crippen molar-refractivity contribution in [2.75, 3.05) is 0 Å². The lowest BCUT2D eigenvalue weighted by Crippen LogP contribution is -2.41. The van der Waals surface area contributed by atoms with Crippen molar-refractivity contribution < 1.29 is 14.4 Å². The summed E-state index contributed by atoms with van der Waals surface area (Å²) in [5, 5.41) is 0. The zero-order valence-corrected chi connectivity index (χ0v) is 16.0. The van der Waals surface area contributed by atoms with Crippen molar-refractivity contribution in [3.8, 4) is 0 Å². The summed E-state index contributed by atoms with van der Waals surface area (Å²) in [7, 11) is 0. The summed E-state index contributed by atoms with van der Waals surface area (Å²) < 4.78 is 2.46. The molecule has 2 fully saturated rings. The third-order valence-corrected chi connectivity index (χ3v) is 6.92. The fourth-order valence-electron chi connectivity index (χ4n) is 4.55. The molecule has 0 aliphatic heterocycles. The van der Waals surface area contributed by atoms with E-state index < -0.39 is 11.7 Å². The van der Waals surface area contributed by atoms with Crippen LogP contribution < -0.4 is 4.87 Å². The highest BCUT2D eigenvalue weighted by atomic mass is 32.1. The minimum absolute atomic E-state index is 0.0811. The van der Waals surface area contributed by atoms with Crippen LogP contribution in [-0.2, 0) is 16.1 Å². The smallest absolute Gasteiger partial charge is 0.298 e. The number of thiazole rings is 1. The number of nitrogens with zero attached hydrogens (tertiary/aromatic N) is 1. The molecule has 2 aromatic rings. The third-order valence-electron chi connectivity index (χ3n) is 5.97. The summed E-state index contributed by atoms with van der Waals surface area (Å²) in [5.41, 5.74) is 1.76. The second-order valence-corrected chi connectivity index (χ2v) is 8.48. The molecule has 6 heteroatoms. The summed E-state index contributed by atoms with van der Waals surface area (Å²) in [5.74, 6) is -2.32. The minimum atomic E-state index is -1.17. The van der Waals surface area contributed by atoms with Crippen LogP contribution in [0.15, 0.2) is 29.6 Å². The molecular weight excluding hydrogens is 362 g/mol. The summed E-state index contributed by atoms with van der Waals surface area (Å²) >= 11 is 1.14. The average molecular weight is 383 g/mol. The van der Waals surface area contributed by atoms with Crippen molar-refractivity contribution in [3.05, 3.63) is 45.6 Å². The lowest BCUT2D eigenvalue weighted by Gasteiger charge is -2.24. The lowest BCUT2D eigenvalue weighted by atomic mass is 9.75. The number of aromatic nitrogens is 1. The SMILES string of the molecule is C=CCCn1c(=O)sc2ccc(C(=O)C3C(=O)C4CCC(C4)C3=O)c(C)c21. The van der Waals surface area contributed by atoms with Gasteiger partial charge in [-0.2, -0.15) is 0 Å². The monoisotopic (exact) mass is 383 g/mol. The Morgan fingerprint density at radius 2 is 1.89 bits per heavy atom. The molecule has 2 aliphatic carbocycles. The molecule has 2 atom stereocenters. The second-order valence-electron chi connectivity index (χ2n) is 7.49. The molecule has 2 saturated carbocycles. The summed E-state index contributed by atoms with van der Waals surface area (Å²) in [6.07, 6.45) is 4.41. The van der Waals surface area contributed by atoms with E-state index in [0.717, 1.165) is 21.6 Å². The van der Waals surface area contributed by atoms with Crippen molar-refractivity contribution in [3.63, 3.8) is 0 Å². The number of carbonyl (C=O) groups is 3. The maximum atomic E-state index is 13.2. The van der Waals surface area contributed by atoms with E-state index in [-0.39, 0.29) is 28.3 Å². The van der Waals surface area contributed by atoms with Gasteiger partial charge in [0.1, 0.15) is 5.92 Å². The Hall–Kier alpha value is -2.34. The number of ketones is 3. The van der Waals surface area contributed by atoms with Crippen molar-refractivity contribution in [1.82, 2.24) is 4.57 Å². The van der Waals surface area contributed by atoms with E-state index in [1.54, 1.807) is 29.7 Å². The zero-order chi connectivity index (χ0) is 19.3. The first-order valence-electron chi connectivity index (χ1n) is 9.29. The van der Waals surface area contributed by atoms with Gasteiger partial charge in [0.15, 0.2) is 17.3 Å². The van der Waals surface area contributed by atoms with Crippen LogP contribution in [-0.4, -0.2) is 21.9 Å². The number of fused-ring (bicyclic) bond motifs is 3. The molecule has 1 aromatic heterocycles. The van der Waals surface area contributed by atoms with Crippen molar-refractivity contribution in [2.24, 2.45) is 17.8 Å². The number of benzene rings is 1. The standard InChI is InChI=1S/C21H21NO4S/c1-3-4-9-22-17-11(2)14(7-8-15(17)27-21(22)26)20(25)16-18(23)12-5-6-13(10-12)19(16)24/h3,7-8,12-13,16H,1,4-6,9-10H2,2H3. The molecule has 0 radical (unpaired) electrons. The van der Waals surface area contributed by atoms with Gasteiger partial charge in [-0.3, -0.25) is 23.7 Å². The molecule has 2 bridgehead atoms. The highest BCUT2D eigenvalue weighted by Gasteiger charge is 2.50. The van der Waals surface area contributed by atoms with Crippen LogP contribution in [0.3, 0.4) is 0 Å². The normalized spacial score (nSPS) is 24.6. The molecule has 2 aliphatic rings. The van der Waals surface area contributed by atoms with E-state index in [2.05, 4.69) is 6.58 Å². The third kappa shape index (κ3) is 2.74. The van der Waals surface area contributed by atoms with Crippen molar-refractivity contribution >= 4 is 38.9 Å². The molecule has 27 heavy (non-hydrogen) atoms. The van der Waals surface area contributed by atoms with Crippen LogP contribution in [0.1, 0.15) is 41.6 Å². The van der Waals surface area contributed by atoms with Gasteiger partial charge in [-0.25, -0.2) is 0 Å². The van der Waals surface area contributed by atoms with Crippen LogP contribution in [0.4, 0.5) is 0 Å². The molecule has 140 valence electrons. The van der Waals surface area contributed by atoms with Gasteiger partial charge in [-0.15, -0.1) is 6.58 Å². The average Bonchev–Trinajstić information content (AvgIpc) is 3.22. The summed E-state index contributed by atoms with van der Waals surface area (Å²) in [6.45, 7) is 5.98. The van der Waals surface area contributed by atoms with Crippen LogP contribution in [0.2, 0.25) is 0 Å². The summed E-state index contributed by atoms with van der Waals surface area (Å²) in [6, 6.07) is 3.41. The Balaban J connectivity index is 1.79. The fourth-order valence-corrected chi connectivity index (χ4v) is 5.52. The van der Waals surface area contributed by atoms with E-state index in [0.29, 0.717) is 43.4 Å². The number of rotatable bonds is 5. The van der Waals surface area contributed by atoms with Gasteiger partial charge in [0.2, 0.25) is 0 Å². The molecule has 0 spiro atoms. The largest absolute Gasteiger partial charge is 0.308 e. The van der Waals surface area contributed by atoms with Crippen molar-refractivity contribution in [2.45, 2.75) is 39.2 Å². The number of aryl methyl sites for hydroxylation is 2. The maximum absolute atomic E-state index is 13.2. The van der Waals surface area contributed by atoms with Gasteiger partial charge in [0, 0.05) is 23.9 Å². The zero-order valence-electron chi connectivity index (χ0n) is 15.2. The number of hydrogen-bond acceptors (Lipinski definition) is 5. The van der Waals surface area contributed by atoms with E-state index >= 15 is 0 Å². The second kappa shape index (κ2) is 6.68. The maximum Gasteiger partial charge on any atom is 0.308 e. The van der Waals surface area contributed by atoms with Gasteiger partial charge in [0.25, 0.3) is 0 Å². The van der Waals surface area contributed by atoms with Crippen LogP contribution in [0.5, 0.6) is 0 Å². The Bertz CT molecular complexity index is 1020. The van der Waals surface area contributed by atoms with E-state index in [1.807, 2.05) is 0 Å². The van der Waals surface area contributed by atoms with E-state index in [4.69, 9.17) is 0 Å². The molecule has 1 heterocycles. The highest BCUT2D eigenvalue weighted by molar-refractivity contribution is 7.16. The van der Waals surface area contributed by atoms with E-state index in [1.165, 1.54) is 0 Å². The quantitative estimate of drug-likeness (QED) is 0.451. The van der Waals surface area contributed by atoms with Gasteiger partial charge in [-0.05, 0) is 50.3 Å². The Kier molecular flexibility index (Phi) is 4.46. The molecule has 1 aromatic carbocycles. The number of allylic oxidation sites excluding steroid dienone is 1. The van der Waals surface area contributed by atoms with Gasteiger partial charge < -0.3 is 0 Å². The Morgan fingerprint density at radius 3 is 2.52 bits per heavy atom. The molecule has 5 nitrogen and oxygen atoms in total. The van der Waals surface area contributed by atoms with E-state index in [9.17, 15) is 19.2 Å². The first-order valence-corrected chi connectivity index (χ1v) is 10.1. The first-order chi connectivity index (χ1) is 12.9. The lowest BCUT2D eigenvalue weighted by molar-refractivity contribution is -0.137. The van der Waals surface area contributed by atoms with Crippen molar-refractivity contribution in [1.29, 1.82) is 0 Å². The molecule has 2 unspecified atom stereocenters. The number of hydrogen-bond donors (Lipinski definition) is 0. The number of carbonyl (C=O) groups excluding carboxylic acids is 3. The predicted octanol–water partition coefficient (Wildman–Crippen LogP) is 3.31.